The summed E-state index contributed by atoms with van der Waals surface area (Å²) in [6.07, 6.45) is 0. The molecule has 0 heterocycles. The summed E-state index contributed by atoms with van der Waals surface area (Å²) in [7, 11) is 3.22. The van der Waals surface area contributed by atoms with Crippen LogP contribution in [0.5, 0.6) is 0 Å². The lowest BCUT2D eigenvalue weighted by Gasteiger charge is -1.94. The molecule has 0 unspecified atom stereocenters. The molecule has 0 N–H and O–H groups in total. The van der Waals surface area contributed by atoms with Crippen LogP contribution in [0.1, 0.15) is 5.56 Å². The van der Waals surface area contributed by atoms with E-state index in [-0.39, 0.29) is 0 Å². The highest BCUT2D eigenvalue weighted by Crippen LogP contribution is 1.92. The summed E-state index contributed by atoms with van der Waals surface area (Å²) in [4.78, 5) is 0. The van der Waals surface area contributed by atoms with Crippen molar-refractivity contribution in [2.24, 2.45) is 0 Å². The highest BCUT2D eigenvalue weighted by atomic mass is 16.4. The molecule has 2 nitrogen and oxygen atoms in total. The third-order valence-corrected chi connectivity index (χ3v) is 1.29. The zero-order chi connectivity index (χ0) is 8.10. The molecule has 0 saturated carbocycles. The summed E-state index contributed by atoms with van der Waals surface area (Å²) in [6, 6.07) is 9.22. The van der Waals surface area contributed by atoms with Gasteiger partial charge in [0, 0.05) is 7.11 Å². The zero-order valence-electron chi connectivity index (χ0n) is 6.24. The number of nitrogens with zero attached hydrogens (tertiary/aromatic N) is 1. The van der Waals surface area contributed by atoms with Crippen LogP contribution in [0.4, 0.5) is 0 Å². The van der Waals surface area contributed by atoms with E-state index in [4.69, 9.17) is 9.92 Å². The number of benzene rings is 1. The second kappa shape index (κ2) is 3.79. The molecule has 0 bridgehead atoms. The zero-order valence-corrected chi connectivity index (χ0v) is 6.24. The van der Waals surface area contributed by atoms with Crippen LogP contribution in [0, 0.1) is 11.3 Å². The lowest BCUT2D eigenvalue weighted by atomic mass is 9.88. The summed E-state index contributed by atoms with van der Waals surface area (Å²) in [6.45, 7) is 0. The molecular weight excluding hydrogens is 137 g/mol. The second-order valence-electron chi connectivity index (χ2n) is 2.09. The monoisotopic (exact) mass is 144 g/mol. The molecule has 0 spiro atoms. The third kappa shape index (κ3) is 2.10. The third-order valence-electron chi connectivity index (χ3n) is 1.29. The van der Waals surface area contributed by atoms with Crippen LogP contribution >= 0.6 is 0 Å². The quantitative estimate of drug-likeness (QED) is 0.564. The maximum atomic E-state index is 8.47. The van der Waals surface area contributed by atoms with Crippen molar-refractivity contribution in [1.82, 2.24) is 0 Å². The molecule has 0 saturated heterocycles. The fourth-order valence-corrected chi connectivity index (χ4v) is 0.772. The van der Waals surface area contributed by atoms with Gasteiger partial charge in [-0.25, -0.2) is 0 Å². The molecule has 3 heteroatoms. The fourth-order valence-electron chi connectivity index (χ4n) is 0.772. The fraction of sp³-hybridized carbons (Fsp3) is 0.125. The minimum atomic E-state index is 0.665. The van der Waals surface area contributed by atoms with E-state index in [1.165, 1.54) is 0 Å². The van der Waals surface area contributed by atoms with E-state index < -0.39 is 0 Å². The Morgan fingerprint density at radius 2 is 2.00 bits per heavy atom. The van der Waals surface area contributed by atoms with Gasteiger partial charge in [-0.3, -0.25) is 0 Å². The maximum absolute atomic E-state index is 8.47. The van der Waals surface area contributed by atoms with E-state index in [0.717, 1.165) is 5.46 Å². The molecule has 53 valence electrons. The summed E-state index contributed by atoms with van der Waals surface area (Å²) >= 11 is 0. The highest BCUT2D eigenvalue weighted by Gasteiger charge is 1.94. The van der Waals surface area contributed by atoms with E-state index in [1.807, 2.05) is 18.2 Å². The Labute approximate surface area is 66.7 Å². The number of hydrogen-bond acceptors (Lipinski definition) is 2. The van der Waals surface area contributed by atoms with Crippen LogP contribution in [0.25, 0.3) is 0 Å². The first kappa shape index (κ1) is 7.84. The van der Waals surface area contributed by atoms with Crippen molar-refractivity contribution in [3.8, 4) is 6.07 Å². The van der Waals surface area contributed by atoms with Crippen LogP contribution in [0.15, 0.2) is 24.3 Å². The lowest BCUT2D eigenvalue weighted by molar-refractivity contribution is 0.450. The van der Waals surface area contributed by atoms with E-state index >= 15 is 0 Å². The van der Waals surface area contributed by atoms with Gasteiger partial charge in [-0.2, -0.15) is 5.26 Å². The van der Waals surface area contributed by atoms with Crippen molar-refractivity contribution in [3.05, 3.63) is 29.8 Å². The van der Waals surface area contributed by atoms with Crippen molar-refractivity contribution in [1.29, 1.82) is 5.26 Å². The Kier molecular flexibility index (Phi) is 2.70. The summed E-state index contributed by atoms with van der Waals surface area (Å²) in [5.41, 5.74) is 1.63. The predicted octanol–water partition coefficient (Wildman–Crippen LogP) is 0.449. The Morgan fingerprint density at radius 1 is 1.36 bits per heavy atom. The largest absolute Gasteiger partial charge is 0.437 e. The number of hydrogen-bond donors (Lipinski definition) is 0. The van der Waals surface area contributed by atoms with E-state index in [9.17, 15) is 0 Å². The summed E-state index contributed by atoms with van der Waals surface area (Å²) in [5, 5.41) is 8.47. The molecular formula is C8H7BNO. The molecule has 1 radical (unpaired) electrons. The second-order valence-corrected chi connectivity index (χ2v) is 2.09. The van der Waals surface area contributed by atoms with Gasteiger partial charge in [0.05, 0.1) is 11.6 Å². The van der Waals surface area contributed by atoms with Crippen LogP contribution in [0.2, 0.25) is 0 Å². The van der Waals surface area contributed by atoms with Crippen molar-refractivity contribution >= 4 is 12.9 Å². The first-order valence-corrected chi connectivity index (χ1v) is 3.23. The molecule has 11 heavy (non-hydrogen) atoms. The van der Waals surface area contributed by atoms with Crippen molar-refractivity contribution < 1.29 is 4.65 Å². The smallest absolute Gasteiger partial charge is 0.329 e. The van der Waals surface area contributed by atoms with Crippen molar-refractivity contribution in [2.45, 2.75) is 0 Å². The SMILES string of the molecule is CO[B]c1ccc(C#N)cc1. The lowest BCUT2D eigenvalue weighted by Crippen LogP contribution is -2.14. The summed E-state index contributed by atoms with van der Waals surface area (Å²) < 4.78 is 4.79. The molecule has 1 aromatic rings. The molecule has 0 atom stereocenters. The minimum absolute atomic E-state index is 0.665. The topological polar surface area (TPSA) is 33.0 Å². The molecule has 0 fully saturated rings. The van der Waals surface area contributed by atoms with E-state index in [0.29, 0.717) is 5.56 Å². The van der Waals surface area contributed by atoms with Crippen molar-refractivity contribution in [2.75, 3.05) is 7.11 Å². The summed E-state index contributed by atoms with van der Waals surface area (Å²) in [5.74, 6) is 0. The Morgan fingerprint density at radius 3 is 2.45 bits per heavy atom. The standard InChI is InChI=1S/C8H7BNO/c1-11-9-8-4-2-7(6-10)3-5-8/h2-5H,1H3. The van der Waals surface area contributed by atoms with Crippen LogP contribution in [0.3, 0.4) is 0 Å². The molecule has 0 aliphatic rings. The molecule has 1 aromatic carbocycles. The first-order valence-electron chi connectivity index (χ1n) is 3.23. The highest BCUT2D eigenvalue weighted by molar-refractivity contribution is 6.46. The average molecular weight is 144 g/mol. The average Bonchev–Trinajstić information content (AvgIpc) is 2.07. The van der Waals surface area contributed by atoms with Gasteiger partial charge < -0.3 is 4.65 Å². The molecule has 1 rings (SSSR count). The van der Waals surface area contributed by atoms with Gasteiger partial charge in [0.15, 0.2) is 0 Å². The Bertz CT molecular complexity index is 262. The van der Waals surface area contributed by atoms with Gasteiger partial charge in [0.25, 0.3) is 0 Å². The van der Waals surface area contributed by atoms with Crippen LogP contribution < -0.4 is 5.46 Å². The predicted molar refractivity (Wildman–Crippen MR) is 43.6 cm³/mol. The number of nitriles is 1. The van der Waals surface area contributed by atoms with Gasteiger partial charge in [-0.1, -0.05) is 17.6 Å². The van der Waals surface area contributed by atoms with E-state index in [1.54, 1.807) is 26.7 Å². The molecule has 0 amide bonds. The van der Waals surface area contributed by atoms with Gasteiger partial charge in [0.1, 0.15) is 0 Å². The van der Waals surface area contributed by atoms with E-state index in [2.05, 4.69) is 0 Å². The maximum Gasteiger partial charge on any atom is 0.329 e. The molecule has 0 aromatic heterocycles. The van der Waals surface area contributed by atoms with Gasteiger partial charge in [0.2, 0.25) is 0 Å². The minimum Gasteiger partial charge on any atom is -0.437 e. The Balaban J connectivity index is 2.76. The molecule has 0 aliphatic heterocycles. The van der Waals surface area contributed by atoms with Crippen LogP contribution in [-0.4, -0.2) is 14.6 Å². The van der Waals surface area contributed by atoms with Gasteiger partial charge >= 0.3 is 7.48 Å². The van der Waals surface area contributed by atoms with Crippen LogP contribution in [-0.2, 0) is 4.65 Å². The Hall–Kier alpha value is -1.27. The molecule has 0 aliphatic carbocycles. The normalized spacial score (nSPS) is 8.73. The number of rotatable bonds is 2. The van der Waals surface area contributed by atoms with Crippen molar-refractivity contribution in [3.63, 3.8) is 0 Å². The van der Waals surface area contributed by atoms with Gasteiger partial charge in [-0.15, -0.1) is 0 Å². The van der Waals surface area contributed by atoms with Gasteiger partial charge in [-0.05, 0) is 12.1 Å². The first-order chi connectivity index (χ1) is 5.36.